The van der Waals surface area contributed by atoms with E-state index in [-0.39, 0.29) is 31.5 Å². The normalized spacial score (nSPS) is 10.8. The summed E-state index contributed by atoms with van der Waals surface area (Å²) in [6.45, 7) is 1.02. The number of hydrogen-bond donors (Lipinski definition) is 2. The molecule has 0 saturated heterocycles. The van der Waals surface area contributed by atoms with Gasteiger partial charge in [0.05, 0.1) is 18.3 Å². The van der Waals surface area contributed by atoms with Crippen molar-refractivity contribution in [3.05, 3.63) is 78.1 Å². The molecule has 4 rings (SSSR count). The number of aromatic nitrogens is 2. The van der Waals surface area contributed by atoms with E-state index in [0.717, 1.165) is 41.2 Å². The van der Waals surface area contributed by atoms with Gasteiger partial charge >= 0.3 is 0 Å². The molecule has 0 spiro atoms. The van der Waals surface area contributed by atoms with Crippen molar-refractivity contribution in [2.75, 3.05) is 13.2 Å². The first kappa shape index (κ1) is 20.8. The smallest absolute Gasteiger partial charge is 0.269 e. The molecule has 150 valence electrons. The SMILES string of the molecule is Cl.O=C(NCCO)c1cc2c3ccccc3n(CCCc3ccccc3)c2cn1. The van der Waals surface area contributed by atoms with Crippen LogP contribution >= 0.6 is 12.4 Å². The van der Waals surface area contributed by atoms with Gasteiger partial charge in [0.2, 0.25) is 0 Å². The lowest BCUT2D eigenvalue weighted by atomic mass is 10.1. The Balaban J connectivity index is 0.00000240. The summed E-state index contributed by atoms with van der Waals surface area (Å²) >= 11 is 0. The first-order chi connectivity index (χ1) is 13.8. The minimum atomic E-state index is -0.267. The van der Waals surface area contributed by atoms with Crippen LogP contribution in [0.15, 0.2) is 66.9 Å². The molecule has 2 aromatic carbocycles. The molecular formula is C23H24ClN3O2. The largest absolute Gasteiger partial charge is 0.395 e. The van der Waals surface area contributed by atoms with Gasteiger partial charge in [0.1, 0.15) is 5.69 Å². The van der Waals surface area contributed by atoms with E-state index >= 15 is 0 Å². The van der Waals surface area contributed by atoms with Crippen molar-refractivity contribution in [2.24, 2.45) is 0 Å². The molecule has 5 nitrogen and oxygen atoms in total. The highest BCUT2D eigenvalue weighted by Crippen LogP contribution is 2.29. The van der Waals surface area contributed by atoms with E-state index < -0.39 is 0 Å². The highest BCUT2D eigenvalue weighted by atomic mass is 35.5. The number of aliphatic hydroxyl groups excluding tert-OH is 1. The van der Waals surface area contributed by atoms with Crippen molar-refractivity contribution in [3.8, 4) is 0 Å². The number of rotatable bonds is 7. The van der Waals surface area contributed by atoms with Gasteiger partial charge in [-0.05, 0) is 30.5 Å². The minimum absolute atomic E-state index is 0. The fourth-order valence-corrected chi connectivity index (χ4v) is 3.66. The first-order valence-corrected chi connectivity index (χ1v) is 9.58. The monoisotopic (exact) mass is 409 g/mol. The third-order valence-corrected chi connectivity index (χ3v) is 4.98. The number of fused-ring (bicyclic) bond motifs is 3. The number of aliphatic hydroxyl groups is 1. The van der Waals surface area contributed by atoms with Crippen molar-refractivity contribution in [3.63, 3.8) is 0 Å². The molecule has 0 fully saturated rings. The van der Waals surface area contributed by atoms with Gasteiger partial charge < -0.3 is 15.0 Å². The molecule has 0 radical (unpaired) electrons. The van der Waals surface area contributed by atoms with E-state index in [1.54, 1.807) is 6.20 Å². The third-order valence-electron chi connectivity index (χ3n) is 4.98. The predicted octanol–water partition coefficient (Wildman–Crippen LogP) is 3.97. The summed E-state index contributed by atoms with van der Waals surface area (Å²) in [7, 11) is 0. The molecule has 2 heterocycles. The maximum atomic E-state index is 12.2. The average Bonchev–Trinajstić information content (AvgIpc) is 3.06. The maximum absolute atomic E-state index is 12.2. The zero-order valence-electron chi connectivity index (χ0n) is 16.0. The Bertz CT molecular complexity index is 1110. The van der Waals surface area contributed by atoms with Crippen LogP contribution in [0.3, 0.4) is 0 Å². The van der Waals surface area contributed by atoms with Crippen molar-refractivity contribution >= 4 is 40.1 Å². The van der Waals surface area contributed by atoms with Crippen molar-refractivity contribution in [1.82, 2.24) is 14.9 Å². The Kier molecular flexibility index (Phi) is 6.86. The summed E-state index contributed by atoms with van der Waals surface area (Å²) in [5, 5.41) is 13.7. The van der Waals surface area contributed by atoms with E-state index in [2.05, 4.69) is 51.3 Å². The molecule has 0 atom stereocenters. The number of nitrogens with one attached hydrogen (secondary N) is 1. The van der Waals surface area contributed by atoms with Crippen LogP contribution in [-0.2, 0) is 13.0 Å². The molecule has 0 aliphatic carbocycles. The van der Waals surface area contributed by atoms with Gasteiger partial charge in [-0.3, -0.25) is 4.79 Å². The van der Waals surface area contributed by atoms with Crippen LogP contribution < -0.4 is 5.32 Å². The predicted molar refractivity (Wildman–Crippen MR) is 119 cm³/mol. The van der Waals surface area contributed by atoms with Gasteiger partial charge in [0, 0.05) is 29.4 Å². The molecule has 0 unspecified atom stereocenters. The Morgan fingerprint density at radius 3 is 2.55 bits per heavy atom. The Hall–Kier alpha value is -2.89. The zero-order chi connectivity index (χ0) is 19.3. The summed E-state index contributed by atoms with van der Waals surface area (Å²) in [5.41, 5.74) is 3.89. The zero-order valence-corrected chi connectivity index (χ0v) is 16.9. The second-order valence-corrected chi connectivity index (χ2v) is 6.82. The van der Waals surface area contributed by atoms with Gasteiger partial charge in [0.25, 0.3) is 5.91 Å². The summed E-state index contributed by atoms with van der Waals surface area (Å²) in [6, 6.07) is 20.6. The van der Waals surface area contributed by atoms with Gasteiger partial charge in [0.15, 0.2) is 0 Å². The van der Waals surface area contributed by atoms with E-state index in [1.807, 2.05) is 24.3 Å². The first-order valence-electron chi connectivity index (χ1n) is 9.58. The van der Waals surface area contributed by atoms with Crippen LogP contribution in [0, 0.1) is 0 Å². The molecule has 4 aromatic rings. The third kappa shape index (κ3) is 4.42. The lowest BCUT2D eigenvalue weighted by molar-refractivity contribution is 0.0940. The van der Waals surface area contributed by atoms with Crippen LogP contribution in [0.4, 0.5) is 0 Å². The number of hydrogen-bond acceptors (Lipinski definition) is 3. The van der Waals surface area contributed by atoms with Gasteiger partial charge in [-0.25, -0.2) is 4.98 Å². The maximum Gasteiger partial charge on any atom is 0.269 e. The number of halogens is 1. The van der Waals surface area contributed by atoms with Gasteiger partial charge in [-0.2, -0.15) is 0 Å². The number of aryl methyl sites for hydroxylation is 2. The quantitative estimate of drug-likeness (QED) is 0.485. The highest BCUT2D eigenvalue weighted by Gasteiger charge is 2.14. The van der Waals surface area contributed by atoms with Crippen molar-refractivity contribution in [1.29, 1.82) is 0 Å². The fourth-order valence-electron chi connectivity index (χ4n) is 3.66. The standard InChI is InChI=1S/C23H23N3O2.ClH/c27-14-12-24-23(28)20-15-19-18-10-4-5-11-21(18)26(22(19)16-25-20)13-6-9-17-7-2-1-3-8-17;/h1-5,7-8,10-11,15-16,27H,6,9,12-14H2,(H,24,28);1H. The molecule has 1 amide bonds. The Morgan fingerprint density at radius 1 is 1.00 bits per heavy atom. The second kappa shape index (κ2) is 9.54. The topological polar surface area (TPSA) is 67.2 Å². The summed E-state index contributed by atoms with van der Waals surface area (Å²) in [6.07, 6.45) is 3.83. The van der Waals surface area contributed by atoms with Crippen molar-refractivity contribution in [2.45, 2.75) is 19.4 Å². The number of benzene rings is 2. The number of nitrogens with zero attached hydrogens (tertiary/aromatic N) is 2. The fraction of sp³-hybridized carbons (Fsp3) is 0.217. The number of carbonyl (C=O) groups excluding carboxylic acids is 1. The van der Waals surface area contributed by atoms with Crippen LogP contribution in [0.1, 0.15) is 22.5 Å². The molecular weight excluding hydrogens is 386 g/mol. The molecule has 2 aromatic heterocycles. The van der Waals surface area contributed by atoms with Crippen molar-refractivity contribution < 1.29 is 9.90 Å². The lowest BCUT2D eigenvalue weighted by Crippen LogP contribution is -2.27. The molecule has 29 heavy (non-hydrogen) atoms. The number of para-hydroxylation sites is 1. The van der Waals surface area contributed by atoms with E-state index in [0.29, 0.717) is 5.69 Å². The highest BCUT2D eigenvalue weighted by molar-refractivity contribution is 6.09. The van der Waals surface area contributed by atoms with Crippen LogP contribution in [-0.4, -0.2) is 33.7 Å². The molecule has 6 heteroatoms. The van der Waals surface area contributed by atoms with Crippen LogP contribution in [0.25, 0.3) is 21.8 Å². The summed E-state index contributed by atoms with van der Waals surface area (Å²) in [4.78, 5) is 16.6. The molecule has 0 bridgehead atoms. The van der Waals surface area contributed by atoms with Crippen LogP contribution in [0.5, 0.6) is 0 Å². The minimum Gasteiger partial charge on any atom is -0.395 e. The number of carbonyl (C=O) groups is 1. The molecule has 0 saturated carbocycles. The Morgan fingerprint density at radius 2 is 1.76 bits per heavy atom. The van der Waals surface area contributed by atoms with Gasteiger partial charge in [-0.1, -0.05) is 48.5 Å². The van der Waals surface area contributed by atoms with E-state index in [1.165, 1.54) is 5.56 Å². The number of amides is 1. The molecule has 0 aliphatic rings. The van der Waals surface area contributed by atoms with E-state index in [9.17, 15) is 4.79 Å². The lowest BCUT2D eigenvalue weighted by Gasteiger charge is -2.08. The molecule has 0 aliphatic heterocycles. The van der Waals surface area contributed by atoms with Crippen LogP contribution in [0.2, 0.25) is 0 Å². The average molecular weight is 410 g/mol. The van der Waals surface area contributed by atoms with E-state index in [4.69, 9.17) is 5.11 Å². The Labute approximate surface area is 175 Å². The number of pyridine rings is 1. The molecule has 2 N–H and O–H groups in total. The second-order valence-electron chi connectivity index (χ2n) is 6.82. The summed E-state index contributed by atoms with van der Waals surface area (Å²) < 4.78 is 2.29. The van der Waals surface area contributed by atoms with Gasteiger partial charge in [-0.15, -0.1) is 12.4 Å². The summed E-state index contributed by atoms with van der Waals surface area (Å²) in [5.74, 6) is -0.267.